The summed E-state index contributed by atoms with van der Waals surface area (Å²) in [6.07, 6.45) is -2.86. The molecule has 0 saturated carbocycles. The van der Waals surface area contributed by atoms with Crippen LogP contribution in [0.3, 0.4) is 0 Å². The van der Waals surface area contributed by atoms with Crippen LogP contribution in [0.4, 0.5) is 8.78 Å². The number of pyridine rings is 1. The number of aromatic nitrogens is 1. The molecule has 0 atom stereocenters. The predicted octanol–water partition coefficient (Wildman–Crippen LogP) is 2.25. The predicted molar refractivity (Wildman–Crippen MR) is 40.6 cm³/mol. The molecule has 1 rings (SSSR count). The van der Waals surface area contributed by atoms with Gasteiger partial charge in [0.25, 0.3) is 6.43 Å². The second-order valence-corrected chi connectivity index (χ2v) is 2.51. The van der Waals surface area contributed by atoms with Crippen LogP contribution in [0, 0.1) is 11.3 Å². The van der Waals surface area contributed by atoms with Crippen molar-refractivity contribution in [1.29, 1.82) is 5.26 Å². The van der Waals surface area contributed by atoms with Gasteiger partial charge in [-0.15, -0.1) is 0 Å². The van der Waals surface area contributed by atoms with Crippen LogP contribution in [0.15, 0.2) is 6.07 Å². The first-order chi connectivity index (χ1) is 6.06. The summed E-state index contributed by atoms with van der Waals surface area (Å²) in [5, 5.41) is 17.0. The molecular weight excluding hydrogens is 202 g/mol. The highest BCUT2D eigenvalue weighted by Crippen LogP contribution is 2.29. The van der Waals surface area contributed by atoms with Crippen molar-refractivity contribution in [3.8, 4) is 11.8 Å². The molecular formula is C7H3ClF2N2O. The van der Waals surface area contributed by atoms with Gasteiger partial charge in [0.05, 0.1) is 5.56 Å². The number of nitrogens with zero attached hydrogens (tertiary/aromatic N) is 2. The van der Waals surface area contributed by atoms with Gasteiger partial charge in [-0.25, -0.2) is 13.8 Å². The van der Waals surface area contributed by atoms with Crippen LogP contribution in [-0.2, 0) is 0 Å². The molecule has 0 aliphatic heterocycles. The molecule has 0 saturated heterocycles. The maximum atomic E-state index is 12.2. The molecule has 0 spiro atoms. The molecule has 0 aliphatic rings. The first-order valence-corrected chi connectivity index (χ1v) is 3.51. The summed E-state index contributed by atoms with van der Waals surface area (Å²) >= 11 is 5.31. The summed E-state index contributed by atoms with van der Waals surface area (Å²) in [7, 11) is 0. The normalized spacial score (nSPS) is 10.1. The summed E-state index contributed by atoms with van der Waals surface area (Å²) in [4.78, 5) is 3.29. The van der Waals surface area contributed by atoms with Gasteiger partial charge in [0.1, 0.15) is 6.07 Å². The largest absolute Gasteiger partial charge is 0.505 e. The van der Waals surface area contributed by atoms with Gasteiger partial charge >= 0.3 is 0 Å². The first-order valence-electron chi connectivity index (χ1n) is 3.14. The van der Waals surface area contributed by atoms with Crippen LogP contribution in [-0.4, -0.2) is 10.1 Å². The topological polar surface area (TPSA) is 56.9 Å². The van der Waals surface area contributed by atoms with E-state index in [1.807, 2.05) is 0 Å². The second kappa shape index (κ2) is 3.54. The van der Waals surface area contributed by atoms with Gasteiger partial charge in [0, 0.05) is 0 Å². The van der Waals surface area contributed by atoms with Crippen LogP contribution < -0.4 is 0 Å². The molecule has 1 aromatic rings. The third-order valence-corrected chi connectivity index (χ3v) is 1.61. The Labute approximate surface area is 77.2 Å². The highest BCUT2D eigenvalue weighted by molar-refractivity contribution is 6.30. The smallest absolute Gasteiger partial charge is 0.266 e. The fraction of sp³-hybridized carbons (Fsp3) is 0.143. The van der Waals surface area contributed by atoms with Crippen molar-refractivity contribution in [3.05, 3.63) is 22.5 Å². The molecule has 68 valence electrons. The molecule has 0 aromatic carbocycles. The second-order valence-electron chi connectivity index (χ2n) is 2.15. The summed E-state index contributed by atoms with van der Waals surface area (Å²) in [6, 6.07) is 2.19. The molecule has 0 radical (unpaired) electrons. The SMILES string of the molecule is N#Cc1nc(Cl)c(O)cc1C(F)F. The van der Waals surface area contributed by atoms with Crippen molar-refractivity contribution >= 4 is 11.6 Å². The van der Waals surface area contributed by atoms with E-state index in [4.69, 9.17) is 22.0 Å². The minimum absolute atomic E-state index is 0.360. The molecule has 0 bridgehead atoms. The lowest BCUT2D eigenvalue weighted by Gasteiger charge is -2.03. The van der Waals surface area contributed by atoms with Crippen molar-refractivity contribution in [2.75, 3.05) is 0 Å². The lowest BCUT2D eigenvalue weighted by atomic mass is 10.2. The summed E-state index contributed by atoms with van der Waals surface area (Å²) < 4.78 is 24.4. The van der Waals surface area contributed by atoms with Gasteiger partial charge in [0.15, 0.2) is 16.6 Å². The van der Waals surface area contributed by atoms with E-state index in [1.165, 1.54) is 6.07 Å². The van der Waals surface area contributed by atoms with E-state index in [1.54, 1.807) is 0 Å². The summed E-state index contributed by atoms with van der Waals surface area (Å²) in [5.74, 6) is -0.559. The molecule has 3 nitrogen and oxygen atoms in total. The van der Waals surface area contributed by atoms with Crippen molar-refractivity contribution < 1.29 is 13.9 Å². The van der Waals surface area contributed by atoms with Gasteiger partial charge in [-0.05, 0) is 6.07 Å². The van der Waals surface area contributed by atoms with E-state index >= 15 is 0 Å². The van der Waals surface area contributed by atoms with E-state index < -0.39 is 23.4 Å². The highest BCUT2D eigenvalue weighted by atomic mass is 35.5. The molecule has 1 aromatic heterocycles. The standard InChI is InChI=1S/C7H3ClF2N2O/c8-6-5(13)1-3(7(9)10)4(2-11)12-6/h1,7,13H. The Balaban J connectivity index is 3.35. The minimum atomic E-state index is -2.86. The Morgan fingerprint density at radius 1 is 1.62 bits per heavy atom. The Bertz CT molecular complexity index is 375. The van der Waals surface area contributed by atoms with Crippen LogP contribution >= 0.6 is 11.6 Å². The quantitative estimate of drug-likeness (QED) is 0.714. The molecule has 0 unspecified atom stereocenters. The van der Waals surface area contributed by atoms with Gasteiger partial charge < -0.3 is 5.11 Å². The number of alkyl halides is 2. The van der Waals surface area contributed by atoms with Crippen molar-refractivity contribution in [1.82, 2.24) is 4.98 Å². The Morgan fingerprint density at radius 2 is 2.23 bits per heavy atom. The van der Waals surface area contributed by atoms with E-state index in [0.717, 1.165) is 6.07 Å². The van der Waals surface area contributed by atoms with Crippen LogP contribution in [0.1, 0.15) is 17.7 Å². The number of hydrogen-bond donors (Lipinski definition) is 1. The molecule has 6 heteroatoms. The maximum Gasteiger partial charge on any atom is 0.266 e. The molecule has 13 heavy (non-hydrogen) atoms. The van der Waals surface area contributed by atoms with E-state index in [2.05, 4.69) is 4.98 Å². The van der Waals surface area contributed by atoms with Gasteiger partial charge in [-0.2, -0.15) is 5.26 Å². The number of halogens is 3. The number of rotatable bonds is 1. The van der Waals surface area contributed by atoms with Gasteiger partial charge in [-0.1, -0.05) is 11.6 Å². The summed E-state index contributed by atoms with van der Waals surface area (Å²) in [6.45, 7) is 0. The zero-order valence-electron chi connectivity index (χ0n) is 6.13. The minimum Gasteiger partial charge on any atom is -0.505 e. The fourth-order valence-electron chi connectivity index (χ4n) is 0.751. The molecule has 1 heterocycles. The fourth-order valence-corrected chi connectivity index (χ4v) is 0.890. The summed E-state index contributed by atoms with van der Waals surface area (Å²) in [5.41, 5.74) is -1.10. The number of hydrogen-bond acceptors (Lipinski definition) is 3. The first kappa shape index (κ1) is 9.68. The number of aromatic hydroxyl groups is 1. The van der Waals surface area contributed by atoms with Gasteiger partial charge in [0.2, 0.25) is 0 Å². The monoisotopic (exact) mass is 204 g/mol. The van der Waals surface area contributed by atoms with Crippen molar-refractivity contribution in [2.45, 2.75) is 6.43 Å². The zero-order valence-corrected chi connectivity index (χ0v) is 6.89. The van der Waals surface area contributed by atoms with E-state index in [0.29, 0.717) is 0 Å². The highest BCUT2D eigenvalue weighted by Gasteiger charge is 2.17. The third-order valence-electron chi connectivity index (χ3n) is 1.33. The molecule has 0 aliphatic carbocycles. The van der Waals surface area contributed by atoms with Crippen molar-refractivity contribution in [2.24, 2.45) is 0 Å². The molecule has 1 N–H and O–H groups in total. The number of nitriles is 1. The third kappa shape index (κ3) is 1.84. The lowest BCUT2D eigenvalue weighted by Crippen LogP contribution is -1.94. The van der Waals surface area contributed by atoms with Gasteiger partial charge in [-0.3, -0.25) is 0 Å². The Morgan fingerprint density at radius 3 is 2.69 bits per heavy atom. The van der Waals surface area contributed by atoms with E-state index in [9.17, 15) is 8.78 Å². The molecule has 0 amide bonds. The van der Waals surface area contributed by atoms with E-state index in [-0.39, 0.29) is 5.15 Å². The Hall–Kier alpha value is -1.41. The van der Waals surface area contributed by atoms with Crippen molar-refractivity contribution in [3.63, 3.8) is 0 Å². The van der Waals surface area contributed by atoms with Crippen LogP contribution in [0.5, 0.6) is 5.75 Å². The molecule has 0 fully saturated rings. The Kier molecular flexibility index (Phi) is 2.63. The maximum absolute atomic E-state index is 12.2. The van der Waals surface area contributed by atoms with Crippen LogP contribution in [0.2, 0.25) is 5.15 Å². The van der Waals surface area contributed by atoms with Crippen LogP contribution in [0.25, 0.3) is 0 Å². The average Bonchev–Trinajstić information content (AvgIpc) is 2.08. The zero-order chi connectivity index (χ0) is 10.0. The lowest BCUT2D eigenvalue weighted by molar-refractivity contribution is 0.150. The average molecular weight is 205 g/mol.